The number of likely N-dealkylation sites (tertiary alicyclic amines) is 1. The van der Waals surface area contributed by atoms with Crippen molar-refractivity contribution in [3.8, 4) is 0 Å². The number of piperidine rings is 1. The molecule has 0 aromatic heterocycles. The second-order valence-corrected chi connectivity index (χ2v) is 5.05. The summed E-state index contributed by atoms with van der Waals surface area (Å²) in [4.78, 5) is 14.0. The summed E-state index contributed by atoms with van der Waals surface area (Å²) >= 11 is 0. The average molecular weight is 284 g/mol. The number of benzene rings is 1. The molecule has 1 heterocycles. The number of rotatable bonds is 3. The normalized spacial score (nSPS) is 19.6. The Kier molecular flexibility index (Phi) is 6.28. The Bertz CT molecular complexity index is 408. The highest BCUT2D eigenvalue weighted by molar-refractivity contribution is 5.92. The first-order valence-corrected chi connectivity index (χ1v) is 6.48. The molecule has 1 saturated heterocycles. The van der Waals surface area contributed by atoms with Gasteiger partial charge in [0.05, 0.1) is 6.54 Å². The summed E-state index contributed by atoms with van der Waals surface area (Å²) < 4.78 is 0. The number of nitrogens with zero attached hydrogens (tertiary/aromatic N) is 1. The Morgan fingerprint density at radius 2 is 2.11 bits per heavy atom. The number of carbonyl (C=O) groups excluding carboxylic acids is 1. The van der Waals surface area contributed by atoms with E-state index in [1.165, 1.54) is 5.56 Å². The topological polar surface area (TPSA) is 58.4 Å². The second kappa shape index (κ2) is 7.48. The fraction of sp³-hybridized carbons (Fsp3) is 0.500. The van der Waals surface area contributed by atoms with E-state index < -0.39 is 0 Å². The number of hydrogen-bond acceptors (Lipinski definition) is 3. The van der Waals surface area contributed by atoms with Crippen LogP contribution in [0.15, 0.2) is 24.3 Å². The third-order valence-corrected chi connectivity index (χ3v) is 3.24. The zero-order valence-corrected chi connectivity index (χ0v) is 12.1. The van der Waals surface area contributed by atoms with Crippen LogP contribution in [-0.4, -0.2) is 36.5 Å². The maximum absolute atomic E-state index is 11.9. The zero-order chi connectivity index (χ0) is 13.0. The largest absolute Gasteiger partial charge is 0.327 e. The molecule has 106 valence electrons. The molecule has 19 heavy (non-hydrogen) atoms. The molecule has 1 atom stereocenters. The van der Waals surface area contributed by atoms with Gasteiger partial charge in [0, 0.05) is 18.3 Å². The average Bonchev–Trinajstić information content (AvgIpc) is 2.32. The van der Waals surface area contributed by atoms with E-state index >= 15 is 0 Å². The molecule has 1 aliphatic rings. The van der Waals surface area contributed by atoms with E-state index in [2.05, 4.69) is 10.2 Å². The fourth-order valence-electron chi connectivity index (χ4n) is 2.28. The Balaban J connectivity index is 0.00000180. The lowest BCUT2D eigenvalue weighted by Crippen LogP contribution is -2.45. The third-order valence-electron chi connectivity index (χ3n) is 3.24. The highest BCUT2D eigenvalue weighted by atomic mass is 35.5. The van der Waals surface area contributed by atoms with Gasteiger partial charge in [-0.3, -0.25) is 9.69 Å². The Morgan fingerprint density at radius 3 is 2.74 bits per heavy atom. The van der Waals surface area contributed by atoms with Crippen LogP contribution in [0.5, 0.6) is 0 Å². The molecule has 0 bridgehead atoms. The maximum Gasteiger partial charge on any atom is 0.238 e. The van der Waals surface area contributed by atoms with Crippen molar-refractivity contribution in [1.82, 2.24) is 4.90 Å². The van der Waals surface area contributed by atoms with E-state index in [4.69, 9.17) is 5.73 Å². The van der Waals surface area contributed by atoms with Crippen LogP contribution in [0.2, 0.25) is 0 Å². The van der Waals surface area contributed by atoms with Gasteiger partial charge in [-0.25, -0.2) is 0 Å². The van der Waals surface area contributed by atoms with Crippen LogP contribution < -0.4 is 11.1 Å². The van der Waals surface area contributed by atoms with E-state index in [1.807, 2.05) is 31.2 Å². The Labute approximate surface area is 120 Å². The number of nitrogens with two attached hydrogens (primary N) is 1. The molecule has 1 aromatic carbocycles. The second-order valence-electron chi connectivity index (χ2n) is 5.05. The summed E-state index contributed by atoms with van der Waals surface area (Å²) in [6, 6.07) is 8.05. The van der Waals surface area contributed by atoms with Gasteiger partial charge in [-0.15, -0.1) is 12.4 Å². The molecular formula is C14H22ClN3O. The lowest BCUT2D eigenvalue weighted by atomic mass is 10.1. The number of halogens is 1. The van der Waals surface area contributed by atoms with Gasteiger partial charge in [-0.05, 0) is 38.4 Å². The predicted molar refractivity (Wildman–Crippen MR) is 80.7 cm³/mol. The predicted octanol–water partition coefficient (Wildman–Crippen LogP) is 1.78. The van der Waals surface area contributed by atoms with Crippen LogP contribution in [0, 0.1) is 6.92 Å². The van der Waals surface area contributed by atoms with Crippen molar-refractivity contribution in [2.75, 3.05) is 25.0 Å². The molecule has 2 rings (SSSR count). The molecule has 0 radical (unpaired) electrons. The molecule has 3 N–H and O–H groups in total. The Hall–Kier alpha value is -1.10. The van der Waals surface area contributed by atoms with Crippen molar-refractivity contribution in [1.29, 1.82) is 0 Å². The zero-order valence-electron chi connectivity index (χ0n) is 11.3. The summed E-state index contributed by atoms with van der Waals surface area (Å²) in [6.45, 7) is 4.25. The number of aryl methyl sites for hydroxylation is 1. The van der Waals surface area contributed by atoms with Gasteiger partial charge in [-0.2, -0.15) is 0 Å². The monoisotopic (exact) mass is 283 g/mol. The molecule has 1 aliphatic heterocycles. The van der Waals surface area contributed by atoms with Gasteiger partial charge in [0.1, 0.15) is 0 Å². The van der Waals surface area contributed by atoms with Gasteiger partial charge < -0.3 is 11.1 Å². The van der Waals surface area contributed by atoms with Crippen LogP contribution in [0.3, 0.4) is 0 Å². The minimum Gasteiger partial charge on any atom is -0.327 e. The fourth-order valence-corrected chi connectivity index (χ4v) is 2.28. The van der Waals surface area contributed by atoms with Crippen LogP contribution in [-0.2, 0) is 4.79 Å². The minimum atomic E-state index is 0. The van der Waals surface area contributed by atoms with Crippen LogP contribution >= 0.6 is 12.4 Å². The van der Waals surface area contributed by atoms with E-state index in [9.17, 15) is 4.79 Å². The highest BCUT2D eigenvalue weighted by Gasteiger charge is 2.18. The number of carbonyl (C=O) groups is 1. The number of amides is 1. The molecule has 1 amide bonds. The first-order chi connectivity index (χ1) is 8.63. The molecule has 1 aromatic rings. The first-order valence-electron chi connectivity index (χ1n) is 6.48. The summed E-state index contributed by atoms with van der Waals surface area (Å²) in [5.74, 6) is 0.0351. The molecule has 1 unspecified atom stereocenters. The molecule has 0 spiro atoms. The highest BCUT2D eigenvalue weighted by Crippen LogP contribution is 2.10. The molecule has 4 nitrogen and oxygen atoms in total. The number of hydrogen-bond donors (Lipinski definition) is 2. The van der Waals surface area contributed by atoms with Gasteiger partial charge in [0.15, 0.2) is 0 Å². The maximum atomic E-state index is 11.9. The number of nitrogens with one attached hydrogen (secondary N) is 1. The standard InChI is InChI=1S/C14H21N3O.ClH/c1-11-4-6-13(7-5-11)16-14(18)10-17-8-2-3-12(15)9-17;/h4-7,12H,2-3,8-10,15H2,1H3,(H,16,18);1H. The Morgan fingerprint density at radius 1 is 1.42 bits per heavy atom. The first kappa shape index (κ1) is 16.0. The molecular weight excluding hydrogens is 262 g/mol. The van der Waals surface area contributed by atoms with E-state index in [0.29, 0.717) is 6.54 Å². The van der Waals surface area contributed by atoms with Gasteiger partial charge in [-0.1, -0.05) is 17.7 Å². The SMILES string of the molecule is Cc1ccc(NC(=O)CN2CCCC(N)C2)cc1.Cl. The summed E-state index contributed by atoms with van der Waals surface area (Å²) in [6.07, 6.45) is 2.15. The number of anilines is 1. The van der Waals surface area contributed by atoms with E-state index in [0.717, 1.165) is 31.6 Å². The molecule has 5 heteroatoms. The molecule has 1 fully saturated rings. The lowest BCUT2D eigenvalue weighted by molar-refractivity contribution is -0.117. The lowest BCUT2D eigenvalue weighted by Gasteiger charge is -2.29. The van der Waals surface area contributed by atoms with Crippen molar-refractivity contribution in [2.24, 2.45) is 5.73 Å². The van der Waals surface area contributed by atoms with Crippen LogP contribution in [0.4, 0.5) is 5.69 Å². The van der Waals surface area contributed by atoms with E-state index in [-0.39, 0.29) is 24.4 Å². The smallest absolute Gasteiger partial charge is 0.238 e. The van der Waals surface area contributed by atoms with Crippen LogP contribution in [0.25, 0.3) is 0 Å². The van der Waals surface area contributed by atoms with Crippen molar-refractivity contribution in [3.05, 3.63) is 29.8 Å². The van der Waals surface area contributed by atoms with Gasteiger partial charge >= 0.3 is 0 Å². The van der Waals surface area contributed by atoms with Gasteiger partial charge in [0.2, 0.25) is 5.91 Å². The van der Waals surface area contributed by atoms with Crippen LogP contribution in [0.1, 0.15) is 18.4 Å². The van der Waals surface area contributed by atoms with Crippen molar-refractivity contribution < 1.29 is 4.79 Å². The summed E-state index contributed by atoms with van der Waals surface area (Å²) in [7, 11) is 0. The molecule has 0 aliphatic carbocycles. The van der Waals surface area contributed by atoms with Crippen molar-refractivity contribution in [2.45, 2.75) is 25.8 Å². The summed E-state index contributed by atoms with van der Waals surface area (Å²) in [5.41, 5.74) is 7.94. The van der Waals surface area contributed by atoms with Crippen molar-refractivity contribution in [3.63, 3.8) is 0 Å². The van der Waals surface area contributed by atoms with Gasteiger partial charge in [0.25, 0.3) is 0 Å². The minimum absolute atomic E-state index is 0. The summed E-state index contributed by atoms with van der Waals surface area (Å²) in [5, 5.41) is 2.91. The van der Waals surface area contributed by atoms with Crippen molar-refractivity contribution >= 4 is 24.0 Å². The third kappa shape index (κ3) is 5.19. The quantitative estimate of drug-likeness (QED) is 0.889. The molecule has 0 saturated carbocycles. The van der Waals surface area contributed by atoms with E-state index in [1.54, 1.807) is 0 Å².